The Kier molecular flexibility index (Phi) is 6.39. The lowest BCUT2D eigenvalue weighted by molar-refractivity contribution is -0.138. The van der Waals surface area contributed by atoms with Crippen LogP contribution < -0.4 is 9.64 Å². The normalized spacial score (nSPS) is 15.2. The Bertz CT molecular complexity index is 975. The third-order valence-corrected chi connectivity index (χ3v) is 4.72. The van der Waals surface area contributed by atoms with Crippen LogP contribution >= 0.6 is 11.6 Å². The van der Waals surface area contributed by atoms with E-state index in [2.05, 4.69) is 0 Å². The Labute approximate surface area is 175 Å². The fraction of sp³-hybridized carbons (Fsp3) is 0.217. The van der Waals surface area contributed by atoms with Crippen LogP contribution in [0.2, 0.25) is 5.02 Å². The van der Waals surface area contributed by atoms with Gasteiger partial charge in [0.1, 0.15) is 5.75 Å². The molecule has 2 aromatic rings. The molecule has 0 radical (unpaired) electrons. The standard InChI is InChI=1S/C23H22ClNO4/c1-4-28-19-12-10-18(11-13-19)25-15(3)21(23(27)29-5-2)20(22(25)26)14-16-6-8-17(24)9-7-16/h6-14H,4-5H2,1-3H3. The van der Waals surface area contributed by atoms with Gasteiger partial charge >= 0.3 is 5.97 Å². The van der Waals surface area contributed by atoms with E-state index in [0.29, 0.717) is 28.8 Å². The van der Waals surface area contributed by atoms with Gasteiger partial charge in [0.2, 0.25) is 0 Å². The van der Waals surface area contributed by atoms with Crippen molar-refractivity contribution >= 4 is 35.2 Å². The lowest BCUT2D eigenvalue weighted by atomic mass is 10.0. The van der Waals surface area contributed by atoms with Crippen LogP contribution in [-0.2, 0) is 14.3 Å². The summed E-state index contributed by atoms with van der Waals surface area (Å²) in [6, 6.07) is 14.2. The smallest absolute Gasteiger partial charge is 0.340 e. The van der Waals surface area contributed by atoms with E-state index < -0.39 is 5.97 Å². The summed E-state index contributed by atoms with van der Waals surface area (Å²) in [6.45, 7) is 6.16. The van der Waals surface area contributed by atoms with Crippen LogP contribution in [0.1, 0.15) is 26.3 Å². The molecule has 0 unspecified atom stereocenters. The predicted octanol–water partition coefficient (Wildman–Crippen LogP) is 5.01. The quantitative estimate of drug-likeness (QED) is 0.495. The van der Waals surface area contributed by atoms with Crippen molar-refractivity contribution in [1.82, 2.24) is 0 Å². The third-order valence-electron chi connectivity index (χ3n) is 4.47. The summed E-state index contributed by atoms with van der Waals surface area (Å²) in [5.41, 5.74) is 2.49. The zero-order chi connectivity index (χ0) is 21.0. The fourth-order valence-corrected chi connectivity index (χ4v) is 3.30. The molecule has 150 valence electrons. The van der Waals surface area contributed by atoms with Gasteiger partial charge in [0.05, 0.1) is 24.4 Å². The molecular formula is C23H22ClNO4. The zero-order valence-corrected chi connectivity index (χ0v) is 17.3. The first-order valence-corrected chi connectivity index (χ1v) is 9.77. The monoisotopic (exact) mass is 411 g/mol. The summed E-state index contributed by atoms with van der Waals surface area (Å²) in [7, 11) is 0. The van der Waals surface area contributed by atoms with E-state index in [1.807, 2.05) is 6.92 Å². The van der Waals surface area contributed by atoms with Crippen molar-refractivity contribution < 1.29 is 19.1 Å². The first kappa shape index (κ1) is 20.7. The van der Waals surface area contributed by atoms with Gasteiger partial charge in [-0.2, -0.15) is 0 Å². The van der Waals surface area contributed by atoms with Gasteiger partial charge in [-0.25, -0.2) is 4.79 Å². The molecule has 2 aromatic carbocycles. The molecule has 0 bridgehead atoms. The molecule has 3 rings (SSSR count). The highest BCUT2D eigenvalue weighted by molar-refractivity contribution is 6.30. The predicted molar refractivity (Wildman–Crippen MR) is 114 cm³/mol. The Morgan fingerprint density at radius 3 is 2.28 bits per heavy atom. The van der Waals surface area contributed by atoms with Crippen molar-refractivity contribution in [3.63, 3.8) is 0 Å². The van der Waals surface area contributed by atoms with E-state index in [0.717, 1.165) is 5.56 Å². The van der Waals surface area contributed by atoms with Crippen LogP contribution in [0.4, 0.5) is 5.69 Å². The zero-order valence-electron chi connectivity index (χ0n) is 16.6. The molecule has 5 nitrogen and oxygen atoms in total. The number of hydrogen-bond acceptors (Lipinski definition) is 4. The highest BCUT2D eigenvalue weighted by Gasteiger charge is 2.38. The lowest BCUT2D eigenvalue weighted by Crippen LogP contribution is -2.24. The maximum Gasteiger partial charge on any atom is 0.340 e. The first-order valence-electron chi connectivity index (χ1n) is 9.39. The average Bonchev–Trinajstić information content (AvgIpc) is 2.95. The second-order valence-electron chi connectivity index (χ2n) is 6.36. The van der Waals surface area contributed by atoms with Crippen LogP contribution in [0, 0.1) is 0 Å². The van der Waals surface area contributed by atoms with Gasteiger partial charge < -0.3 is 9.47 Å². The minimum Gasteiger partial charge on any atom is -0.494 e. The highest BCUT2D eigenvalue weighted by Crippen LogP contribution is 2.36. The Hall–Kier alpha value is -3.05. The van der Waals surface area contributed by atoms with E-state index in [1.165, 1.54) is 4.90 Å². The number of amides is 1. The molecule has 29 heavy (non-hydrogen) atoms. The van der Waals surface area contributed by atoms with Crippen LogP contribution in [0.15, 0.2) is 65.4 Å². The molecule has 1 aliphatic rings. The molecule has 0 N–H and O–H groups in total. The number of allylic oxidation sites excluding steroid dienone is 1. The molecule has 0 aromatic heterocycles. The van der Waals surface area contributed by atoms with E-state index in [9.17, 15) is 9.59 Å². The number of benzene rings is 2. The van der Waals surface area contributed by atoms with Crippen molar-refractivity contribution in [3.05, 3.63) is 76.0 Å². The van der Waals surface area contributed by atoms with E-state index >= 15 is 0 Å². The molecule has 0 saturated heterocycles. The van der Waals surface area contributed by atoms with E-state index in [4.69, 9.17) is 21.1 Å². The van der Waals surface area contributed by atoms with Gasteiger partial charge in [-0.1, -0.05) is 23.7 Å². The van der Waals surface area contributed by atoms with E-state index in [1.54, 1.807) is 68.5 Å². The number of nitrogens with zero attached hydrogens (tertiary/aromatic N) is 1. The molecule has 0 atom stereocenters. The van der Waals surface area contributed by atoms with Crippen molar-refractivity contribution in [1.29, 1.82) is 0 Å². The first-order chi connectivity index (χ1) is 14.0. The van der Waals surface area contributed by atoms with Crippen LogP contribution in [0.5, 0.6) is 5.75 Å². The van der Waals surface area contributed by atoms with Crippen molar-refractivity contribution in [2.24, 2.45) is 0 Å². The molecule has 6 heteroatoms. The average molecular weight is 412 g/mol. The van der Waals surface area contributed by atoms with Crippen molar-refractivity contribution in [2.75, 3.05) is 18.1 Å². The SMILES string of the molecule is CCOC(=O)C1=C(C)N(c2ccc(OCC)cc2)C(=O)C1=Cc1ccc(Cl)cc1. The summed E-state index contributed by atoms with van der Waals surface area (Å²) in [6.07, 6.45) is 1.68. The molecule has 1 heterocycles. The van der Waals surface area contributed by atoms with Crippen LogP contribution in [-0.4, -0.2) is 25.1 Å². The molecule has 1 amide bonds. The maximum absolute atomic E-state index is 13.3. The molecule has 0 spiro atoms. The van der Waals surface area contributed by atoms with Crippen molar-refractivity contribution in [3.8, 4) is 5.75 Å². The van der Waals surface area contributed by atoms with Crippen LogP contribution in [0.25, 0.3) is 6.08 Å². The third kappa shape index (κ3) is 4.35. The summed E-state index contributed by atoms with van der Waals surface area (Å²) in [4.78, 5) is 27.4. The minimum absolute atomic E-state index is 0.223. The fourth-order valence-electron chi connectivity index (χ4n) is 3.18. The number of hydrogen-bond donors (Lipinski definition) is 0. The van der Waals surface area contributed by atoms with Gasteiger partial charge in [-0.05, 0) is 68.8 Å². The van der Waals surface area contributed by atoms with Crippen LogP contribution in [0.3, 0.4) is 0 Å². The topological polar surface area (TPSA) is 55.8 Å². The second-order valence-corrected chi connectivity index (χ2v) is 6.79. The summed E-state index contributed by atoms with van der Waals surface area (Å²) in [5, 5.41) is 0.596. The van der Waals surface area contributed by atoms with Gasteiger partial charge in [-0.15, -0.1) is 0 Å². The minimum atomic E-state index is -0.521. The Balaban J connectivity index is 2.05. The second kappa shape index (κ2) is 8.97. The summed E-state index contributed by atoms with van der Waals surface area (Å²) in [5.74, 6) is -0.0938. The molecule has 0 aliphatic carbocycles. The van der Waals surface area contributed by atoms with Gasteiger partial charge in [0, 0.05) is 16.4 Å². The summed E-state index contributed by atoms with van der Waals surface area (Å²) < 4.78 is 10.7. The van der Waals surface area contributed by atoms with Crippen molar-refractivity contribution in [2.45, 2.75) is 20.8 Å². The number of anilines is 1. The van der Waals surface area contributed by atoms with Gasteiger partial charge in [0.15, 0.2) is 0 Å². The number of carbonyl (C=O) groups excluding carboxylic acids is 2. The summed E-state index contributed by atoms with van der Waals surface area (Å²) >= 11 is 5.95. The molecular weight excluding hydrogens is 390 g/mol. The molecule has 0 fully saturated rings. The number of halogens is 1. The lowest BCUT2D eigenvalue weighted by Gasteiger charge is -2.18. The number of esters is 1. The Morgan fingerprint density at radius 1 is 1.03 bits per heavy atom. The molecule has 0 saturated carbocycles. The Morgan fingerprint density at radius 2 is 1.69 bits per heavy atom. The number of ether oxygens (including phenoxy) is 2. The number of rotatable bonds is 6. The van der Waals surface area contributed by atoms with E-state index in [-0.39, 0.29) is 23.7 Å². The molecule has 1 aliphatic heterocycles. The van der Waals surface area contributed by atoms with Gasteiger partial charge in [0.25, 0.3) is 5.91 Å². The largest absolute Gasteiger partial charge is 0.494 e. The van der Waals surface area contributed by atoms with Gasteiger partial charge in [-0.3, -0.25) is 9.69 Å². The maximum atomic E-state index is 13.3. The highest BCUT2D eigenvalue weighted by atomic mass is 35.5. The number of carbonyl (C=O) groups is 2.